The summed E-state index contributed by atoms with van der Waals surface area (Å²) >= 11 is 0. The van der Waals surface area contributed by atoms with E-state index in [2.05, 4.69) is 10.4 Å². The van der Waals surface area contributed by atoms with Crippen LogP contribution >= 0.6 is 0 Å². The summed E-state index contributed by atoms with van der Waals surface area (Å²) in [5, 5.41) is 18.2. The molecule has 6 nitrogen and oxygen atoms in total. The van der Waals surface area contributed by atoms with Crippen LogP contribution in [0.2, 0.25) is 0 Å². The van der Waals surface area contributed by atoms with Crippen LogP contribution in [-0.4, -0.2) is 26.8 Å². The SMILES string of the molecule is O=[N+]([O-])c1cnn([C@@H]2CC3CC[C@@H](C2)N3)c1. The van der Waals surface area contributed by atoms with Crippen LogP contribution in [0, 0.1) is 10.1 Å². The van der Waals surface area contributed by atoms with Crippen molar-refractivity contribution >= 4 is 5.69 Å². The highest BCUT2D eigenvalue weighted by Gasteiger charge is 2.34. The monoisotopic (exact) mass is 222 g/mol. The van der Waals surface area contributed by atoms with Gasteiger partial charge in [-0.15, -0.1) is 0 Å². The Labute approximate surface area is 92.8 Å². The summed E-state index contributed by atoms with van der Waals surface area (Å²) < 4.78 is 1.77. The second-order valence-electron chi connectivity index (χ2n) is 4.70. The van der Waals surface area contributed by atoms with Gasteiger partial charge in [0.25, 0.3) is 0 Å². The number of rotatable bonds is 2. The predicted molar refractivity (Wildman–Crippen MR) is 57.1 cm³/mol. The second-order valence-corrected chi connectivity index (χ2v) is 4.70. The first kappa shape index (κ1) is 9.77. The number of nitrogens with one attached hydrogen (secondary N) is 1. The normalized spacial score (nSPS) is 32.9. The zero-order valence-corrected chi connectivity index (χ0v) is 8.87. The molecule has 0 amide bonds. The second kappa shape index (κ2) is 3.55. The maximum Gasteiger partial charge on any atom is 0.307 e. The van der Waals surface area contributed by atoms with Gasteiger partial charge in [0.2, 0.25) is 0 Å². The first-order chi connectivity index (χ1) is 7.72. The third-order valence-electron chi connectivity index (χ3n) is 3.62. The average molecular weight is 222 g/mol. The number of hydrogen-bond acceptors (Lipinski definition) is 4. The Bertz CT molecular complexity index is 405. The Hall–Kier alpha value is -1.43. The summed E-state index contributed by atoms with van der Waals surface area (Å²) in [5.74, 6) is 0. The van der Waals surface area contributed by atoms with Crippen molar-refractivity contribution in [1.82, 2.24) is 15.1 Å². The van der Waals surface area contributed by atoms with Crippen LogP contribution in [0.3, 0.4) is 0 Å². The van der Waals surface area contributed by atoms with Crippen molar-refractivity contribution in [3.8, 4) is 0 Å². The molecule has 3 rings (SSSR count). The van der Waals surface area contributed by atoms with E-state index in [4.69, 9.17) is 0 Å². The molecule has 1 unspecified atom stereocenters. The summed E-state index contributed by atoms with van der Waals surface area (Å²) in [6.45, 7) is 0. The minimum Gasteiger partial charge on any atom is -0.311 e. The summed E-state index contributed by atoms with van der Waals surface area (Å²) in [5.41, 5.74) is 0.0888. The number of fused-ring (bicyclic) bond motifs is 2. The Balaban J connectivity index is 1.79. The molecule has 1 aromatic heterocycles. The van der Waals surface area contributed by atoms with E-state index in [9.17, 15) is 10.1 Å². The van der Waals surface area contributed by atoms with Crippen molar-refractivity contribution in [2.45, 2.75) is 43.8 Å². The van der Waals surface area contributed by atoms with Crippen LogP contribution in [0.5, 0.6) is 0 Å². The van der Waals surface area contributed by atoms with Crippen molar-refractivity contribution < 1.29 is 4.92 Å². The molecule has 0 aromatic carbocycles. The van der Waals surface area contributed by atoms with E-state index in [0.29, 0.717) is 18.1 Å². The Kier molecular flexibility index (Phi) is 2.17. The molecule has 6 heteroatoms. The predicted octanol–water partition coefficient (Wildman–Crippen LogP) is 1.25. The summed E-state index contributed by atoms with van der Waals surface area (Å²) in [7, 11) is 0. The third kappa shape index (κ3) is 1.59. The van der Waals surface area contributed by atoms with Gasteiger partial charge >= 0.3 is 5.69 Å². The topological polar surface area (TPSA) is 73.0 Å². The largest absolute Gasteiger partial charge is 0.311 e. The molecule has 0 radical (unpaired) electrons. The summed E-state index contributed by atoms with van der Waals surface area (Å²) in [6, 6.07) is 1.48. The lowest BCUT2D eigenvalue weighted by Gasteiger charge is -2.28. The fraction of sp³-hybridized carbons (Fsp3) is 0.700. The van der Waals surface area contributed by atoms with Gasteiger partial charge in [-0.1, -0.05) is 0 Å². The molecule has 0 spiro atoms. The Morgan fingerprint density at radius 1 is 1.44 bits per heavy atom. The van der Waals surface area contributed by atoms with Crippen LogP contribution in [-0.2, 0) is 0 Å². The number of piperidine rings is 1. The van der Waals surface area contributed by atoms with Gasteiger partial charge in [0.1, 0.15) is 12.4 Å². The zero-order chi connectivity index (χ0) is 11.1. The fourth-order valence-electron chi connectivity index (χ4n) is 2.87. The third-order valence-corrected chi connectivity index (χ3v) is 3.62. The van der Waals surface area contributed by atoms with Crippen molar-refractivity contribution in [3.05, 3.63) is 22.5 Å². The zero-order valence-electron chi connectivity index (χ0n) is 8.87. The highest BCUT2D eigenvalue weighted by molar-refractivity contribution is 5.21. The molecule has 3 heterocycles. The van der Waals surface area contributed by atoms with Crippen LogP contribution < -0.4 is 5.32 Å². The minimum atomic E-state index is -0.390. The molecule has 2 fully saturated rings. The van der Waals surface area contributed by atoms with Crippen molar-refractivity contribution in [1.29, 1.82) is 0 Å². The van der Waals surface area contributed by atoms with Gasteiger partial charge < -0.3 is 5.32 Å². The maximum atomic E-state index is 10.6. The lowest BCUT2D eigenvalue weighted by atomic mass is 10.0. The van der Waals surface area contributed by atoms with Crippen molar-refractivity contribution in [3.63, 3.8) is 0 Å². The maximum absolute atomic E-state index is 10.6. The van der Waals surface area contributed by atoms with Gasteiger partial charge in [0.15, 0.2) is 0 Å². The molecule has 0 saturated carbocycles. The summed E-state index contributed by atoms with van der Waals surface area (Å²) in [6.07, 6.45) is 7.42. The van der Waals surface area contributed by atoms with Crippen LogP contribution in [0.25, 0.3) is 0 Å². The number of nitro groups is 1. The molecule has 2 saturated heterocycles. The molecule has 86 valence electrons. The van der Waals surface area contributed by atoms with E-state index < -0.39 is 0 Å². The van der Waals surface area contributed by atoms with E-state index in [-0.39, 0.29) is 10.6 Å². The number of aromatic nitrogens is 2. The van der Waals surface area contributed by atoms with Crippen LogP contribution in [0.15, 0.2) is 12.4 Å². The molecule has 2 aliphatic heterocycles. The number of hydrogen-bond donors (Lipinski definition) is 1. The van der Waals surface area contributed by atoms with Crippen molar-refractivity contribution in [2.75, 3.05) is 0 Å². The molecule has 1 aromatic rings. The average Bonchev–Trinajstić information content (AvgIpc) is 2.85. The van der Waals surface area contributed by atoms with E-state index >= 15 is 0 Å². The van der Waals surface area contributed by atoms with Crippen LogP contribution in [0.4, 0.5) is 5.69 Å². The Morgan fingerprint density at radius 2 is 2.12 bits per heavy atom. The Morgan fingerprint density at radius 3 is 2.69 bits per heavy atom. The van der Waals surface area contributed by atoms with E-state index in [1.807, 2.05) is 0 Å². The molecule has 1 N–H and O–H groups in total. The highest BCUT2D eigenvalue weighted by atomic mass is 16.6. The minimum absolute atomic E-state index is 0.0888. The van der Waals surface area contributed by atoms with E-state index in [1.54, 1.807) is 10.9 Å². The quantitative estimate of drug-likeness (QED) is 0.603. The van der Waals surface area contributed by atoms with Gasteiger partial charge in [-0.05, 0) is 25.7 Å². The van der Waals surface area contributed by atoms with Gasteiger partial charge in [-0.2, -0.15) is 5.10 Å². The lowest BCUT2D eigenvalue weighted by molar-refractivity contribution is -0.385. The summed E-state index contributed by atoms with van der Waals surface area (Å²) in [4.78, 5) is 10.2. The van der Waals surface area contributed by atoms with Crippen molar-refractivity contribution in [2.24, 2.45) is 0 Å². The molecule has 0 aliphatic carbocycles. The van der Waals surface area contributed by atoms with Gasteiger partial charge in [-0.3, -0.25) is 14.8 Å². The first-order valence-corrected chi connectivity index (χ1v) is 5.67. The lowest BCUT2D eigenvalue weighted by Crippen LogP contribution is -2.38. The fourth-order valence-corrected chi connectivity index (χ4v) is 2.87. The number of nitrogens with zero attached hydrogens (tertiary/aromatic N) is 3. The van der Waals surface area contributed by atoms with E-state index in [1.165, 1.54) is 19.0 Å². The molecular formula is C10H14N4O2. The highest BCUT2D eigenvalue weighted by Crippen LogP contribution is 2.33. The van der Waals surface area contributed by atoms with Gasteiger partial charge in [-0.25, -0.2) is 0 Å². The molecule has 2 bridgehead atoms. The van der Waals surface area contributed by atoms with Gasteiger partial charge in [0, 0.05) is 12.1 Å². The van der Waals surface area contributed by atoms with Crippen LogP contribution in [0.1, 0.15) is 31.7 Å². The molecular weight excluding hydrogens is 208 g/mol. The molecule has 2 aliphatic rings. The first-order valence-electron chi connectivity index (χ1n) is 5.67. The molecule has 3 atom stereocenters. The van der Waals surface area contributed by atoms with Gasteiger partial charge in [0.05, 0.1) is 11.0 Å². The smallest absolute Gasteiger partial charge is 0.307 e. The molecule has 16 heavy (non-hydrogen) atoms. The van der Waals surface area contributed by atoms with E-state index in [0.717, 1.165) is 12.8 Å². The standard InChI is InChI=1S/C10H14N4O2/c15-14(16)10-5-11-13(6-10)9-3-7-1-2-8(4-9)12-7/h5-9,12H,1-4H2/t7-,8?,9-/m0/s1.